The minimum absolute atomic E-state index is 0.108. The molecule has 0 saturated heterocycles. The molecule has 0 aliphatic rings. The Morgan fingerprint density at radius 1 is 1.04 bits per heavy atom. The molecule has 0 radical (unpaired) electrons. The topological polar surface area (TPSA) is 83.8 Å². The van der Waals surface area contributed by atoms with Gasteiger partial charge in [-0.15, -0.1) is 0 Å². The van der Waals surface area contributed by atoms with Crippen molar-refractivity contribution in [1.29, 1.82) is 0 Å². The van der Waals surface area contributed by atoms with Crippen LogP contribution in [0.4, 0.5) is 0 Å². The van der Waals surface area contributed by atoms with Gasteiger partial charge in [-0.2, -0.15) is 0 Å². The Morgan fingerprint density at radius 2 is 1.58 bits per heavy atom. The first-order chi connectivity index (χ1) is 12.1. The molecule has 0 amide bonds. The third-order valence-corrected chi connectivity index (χ3v) is 3.93. The Kier molecular flexibility index (Phi) is 5.50. The number of ketones is 1. The Balaban J connectivity index is 2.23. The minimum atomic E-state index is -1.33. The van der Waals surface area contributed by atoms with Gasteiger partial charge in [-0.1, -0.05) is 6.08 Å². The highest BCUT2D eigenvalue weighted by Crippen LogP contribution is 2.29. The summed E-state index contributed by atoms with van der Waals surface area (Å²) in [7, 11) is 0. The number of phenols is 1. The summed E-state index contributed by atoms with van der Waals surface area (Å²) in [5.74, 6) is -0.580. The van der Waals surface area contributed by atoms with Crippen LogP contribution in [0.3, 0.4) is 0 Å². The van der Waals surface area contributed by atoms with Crippen molar-refractivity contribution in [2.75, 3.05) is 0 Å². The molecule has 0 saturated carbocycles. The summed E-state index contributed by atoms with van der Waals surface area (Å²) in [5, 5.41) is 18.5. The van der Waals surface area contributed by atoms with Crippen LogP contribution in [0.1, 0.15) is 40.9 Å². The molecule has 2 N–H and O–H groups in total. The van der Waals surface area contributed by atoms with Crippen molar-refractivity contribution < 1.29 is 24.5 Å². The molecule has 0 unspecified atom stereocenters. The van der Waals surface area contributed by atoms with E-state index in [1.807, 2.05) is 26.0 Å². The number of carbonyl (C=O) groups is 2. The maximum absolute atomic E-state index is 12.2. The summed E-state index contributed by atoms with van der Waals surface area (Å²) in [5.41, 5.74) is 1.54. The second-order valence-corrected chi connectivity index (χ2v) is 6.65. The van der Waals surface area contributed by atoms with Gasteiger partial charge in [-0.3, -0.25) is 4.79 Å². The standard InChI is InChI=1S/C21H22O5/c1-13-11-15(5-10-18(23)16-6-8-17(22)9-7-16)12-14(2)19(13)26-21(3,4)20(24)25/h5-12,22H,1-4H3,(H,24,25). The number of carboxylic acids is 1. The molecule has 2 rings (SSSR count). The summed E-state index contributed by atoms with van der Waals surface area (Å²) < 4.78 is 5.67. The van der Waals surface area contributed by atoms with E-state index < -0.39 is 11.6 Å². The molecule has 26 heavy (non-hydrogen) atoms. The first-order valence-corrected chi connectivity index (χ1v) is 8.15. The third kappa shape index (κ3) is 4.51. The average molecular weight is 354 g/mol. The van der Waals surface area contributed by atoms with Crippen LogP contribution in [-0.4, -0.2) is 27.6 Å². The number of carbonyl (C=O) groups excluding carboxylic acids is 1. The molecular formula is C21H22O5. The quantitative estimate of drug-likeness (QED) is 0.601. The molecule has 5 nitrogen and oxygen atoms in total. The van der Waals surface area contributed by atoms with Crippen molar-refractivity contribution in [2.24, 2.45) is 0 Å². The number of hydrogen-bond donors (Lipinski definition) is 2. The number of aryl methyl sites for hydroxylation is 2. The molecule has 0 aliphatic heterocycles. The predicted molar refractivity (Wildman–Crippen MR) is 99.7 cm³/mol. The first kappa shape index (κ1) is 19.2. The number of benzene rings is 2. The van der Waals surface area contributed by atoms with Gasteiger partial charge in [0.2, 0.25) is 0 Å². The number of allylic oxidation sites excluding steroid dienone is 1. The third-order valence-electron chi connectivity index (χ3n) is 3.93. The van der Waals surface area contributed by atoms with E-state index in [0.29, 0.717) is 11.3 Å². The molecule has 0 heterocycles. The second kappa shape index (κ2) is 7.44. The van der Waals surface area contributed by atoms with E-state index in [1.54, 1.807) is 18.2 Å². The zero-order valence-corrected chi connectivity index (χ0v) is 15.2. The van der Waals surface area contributed by atoms with Gasteiger partial charge in [0.05, 0.1) is 0 Å². The number of hydrogen-bond acceptors (Lipinski definition) is 4. The van der Waals surface area contributed by atoms with Crippen LogP contribution >= 0.6 is 0 Å². The molecule has 0 bridgehead atoms. The number of ether oxygens (including phenoxy) is 1. The summed E-state index contributed by atoms with van der Waals surface area (Å²) in [6.45, 7) is 6.66. The number of aliphatic carboxylic acids is 1. The molecule has 5 heteroatoms. The van der Waals surface area contributed by atoms with Gasteiger partial charge >= 0.3 is 5.97 Å². The van der Waals surface area contributed by atoms with Crippen LogP contribution in [0, 0.1) is 13.8 Å². The maximum Gasteiger partial charge on any atom is 0.347 e. The Labute approximate surface area is 152 Å². The molecule has 0 spiro atoms. The molecule has 2 aromatic rings. The van der Waals surface area contributed by atoms with Gasteiger partial charge in [0.1, 0.15) is 11.5 Å². The first-order valence-electron chi connectivity index (χ1n) is 8.15. The van der Waals surface area contributed by atoms with Gasteiger partial charge in [0.25, 0.3) is 0 Å². The van der Waals surface area contributed by atoms with E-state index in [2.05, 4.69) is 0 Å². The van der Waals surface area contributed by atoms with Gasteiger partial charge < -0.3 is 14.9 Å². The Bertz CT molecular complexity index is 837. The Hall–Kier alpha value is -3.08. The lowest BCUT2D eigenvalue weighted by atomic mass is 10.0. The van der Waals surface area contributed by atoms with Gasteiger partial charge in [-0.05, 0) is 86.9 Å². The molecule has 0 fully saturated rings. The number of aromatic hydroxyl groups is 1. The average Bonchev–Trinajstić information content (AvgIpc) is 2.56. The summed E-state index contributed by atoms with van der Waals surface area (Å²) in [6.07, 6.45) is 3.16. The van der Waals surface area contributed by atoms with Crippen molar-refractivity contribution in [3.05, 3.63) is 64.7 Å². The van der Waals surface area contributed by atoms with Crippen molar-refractivity contribution in [3.8, 4) is 11.5 Å². The summed E-state index contributed by atoms with van der Waals surface area (Å²) >= 11 is 0. The largest absolute Gasteiger partial charge is 0.508 e. The zero-order valence-electron chi connectivity index (χ0n) is 15.2. The van der Waals surface area contributed by atoms with E-state index >= 15 is 0 Å². The minimum Gasteiger partial charge on any atom is -0.508 e. The molecular weight excluding hydrogens is 332 g/mol. The normalized spacial score (nSPS) is 11.5. The fourth-order valence-electron chi connectivity index (χ4n) is 2.43. The van der Waals surface area contributed by atoms with E-state index in [0.717, 1.165) is 16.7 Å². The van der Waals surface area contributed by atoms with Gasteiger partial charge in [0, 0.05) is 5.56 Å². The lowest BCUT2D eigenvalue weighted by Gasteiger charge is -2.24. The fraction of sp³-hybridized carbons (Fsp3) is 0.238. The predicted octanol–water partition coefficient (Wildman–Crippen LogP) is 4.15. The van der Waals surface area contributed by atoms with E-state index in [4.69, 9.17) is 4.74 Å². The van der Waals surface area contributed by atoms with E-state index in [-0.39, 0.29) is 11.5 Å². The molecule has 0 aliphatic carbocycles. The van der Waals surface area contributed by atoms with Crippen molar-refractivity contribution in [2.45, 2.75) is 33.3 Å². The lowest BCUT2D eigenvalue weighted by molar-refractivity contribution is -0.152. The number of carboxylic acid groups (broad SMARTS) is 1. The highest BCUT2D eigenvalue weighted by molar-refractivity contribution is 6.06. The summed E-state index contributed by atoms with van der Waals surface area (Å²) in [4.78, 5) is 23.4. The van der Waals surface area contributed by atoms with Crippen LogP contribution < -0.4 is 4.74 Å². The fourth-order valence-corrected chi connectivity index (χ4v) is 2.43. The highest BCUT2D eigenvalue weighted by Gasteiger charge is 2.30. The van der Waals surface area contributed by atoms with Gasteiger partial charge in [0.15, 0.2) is 11.4 Å². The maximum atomic E-state index is 12.2. The van der Waals surface area contributed by atoms with Crippen molar-refractivity contribution in [1.82, 2.24) is 0 Å². The van der Waals surface area contributed by atoms with Crippen LogP contribution in [0.25, 0.3) is 6.08 Å². The molecule has 0 aromatic heterocycles. The van der Waals surface area contributed by atoms with Crippen LogP contribution in [0.5, 0.6) is 11.5 Å². The summed E-state index contributed by atoms with van der Waals surface area (Å²) in [6, 6.07) is 9.71. The zero-order chi connectivity index (χ0) is 19.5. The van der Waals surface area contributed by atoms with E-state index in [1.165, 1.54) is 32.1 Å². The Morgan fingerprint density at radius 3 is 2.08 bits per heavy atom. The number of rotatable bonds is 6. The van der Waals surface area contributed by atoms with Crippen LogP contribution in [0.15, 0.2) is 42.5 Å². The molecule has 136 valence electrons. The van der Waals surface area contributed by atoms with Crippen molar-refractivity contribution >= 4 is 17.8 Å². The molecule has 2 aromatic carbocycles. The molecule has 0 atom stereocenters. The lowest BCUT2D eigenvalue weighted by Crippen LogP contribution is -2.38. The van der Waals surface area contributed by atoms with Crippen LogP contribution in [0.2, 0.25) is 0 Å². The van der Waals surface area contributed by atoms with E-state index in [9.17, 15) is 19.8 Å². The van der Waals surface area contributed by atoms with Crippen molar-refractivity contribution in [3.63, 3.8) is 0 Å². The number of phenolic OH excluding ortho intramolecular Hbond substituents is 1. The van der Waals surface area contributed by atoms with Gasteiger partial charge in [-0.25, -0.2) is 4.79 Å². The second-order valence-electron chi connectivity index (χ2n) is 6.65. The smallest absolute Gasteiger partial charge is 0.347 e. The SMILES string of the molecule is Cc1cc(C=CC(=O)c2ccc(O)cc2)cc(C)c1OC(C)(C)C(=O)O. The monoisotopic (exact) mass is 354 g/mol. The highest BCUT2D eigenvalue weighted by atomic mass is 16.5. The van der Waals surface area contributed by atoms with Crippen LogP contribution in [-0.2, 0) is 4.79 Å².